The Bertz CT molecular complexity index is 557. The van der Waals surface area contributed by atoms with E-state index in [1.807, 2.05) is 0 Å². The number of aryl methyl sites for hydroxylation is 2. The van der Waals surface area contributed by atoms with E-state index in [0.717, 1.165) is 42.8 Å². The van der Waals surface area contributed by atoms with Crippen molar-refractivity contribution in [3.8, 4) is 0 Å². The summed E-state index contributed by atoms with van der Waals surface area (Å²) in [6.45, 7) is 16.3. The summed E-state index contributed by atoms with van der Waals surface area (Å²) in [6, 6.07) is 0. The van der Waals surface area contributed by atoms with Crippen molar-refractivity contribution in [3.05, 3.63) is 15.6 Å². The lowest BCUT2D eigenvalue weighted by Gasteiger charge is -2.40. The van der Waals surface area contributed by atoms with Gasteiger partial charge in [-0.2, -0.15) is 0 Å². The number of aromatic nitrogens is 1. The Kier molecular flexibility index (Phi) is 7.25. The van der Waals surface area contributed by atoms with E-state index in [-0.39, 0.29) is 5.41 Å². The normalized spacial score (nSPS) is 22.1. The third-order valence-electron chi connectivity index (χ3n) is 4.62. The highest BCUT2D eigenvalue weighted by Gasteiger charge is 2.35. The molecule has 1 aromatic heterocycles. The summed E-state index contributed by atoms with van der Waals surface area (Å²) in [6.07, 6.45) is 2.64. The third-order valence-corrected chi connectivity index (χ3v) is 5.68. The molecule has 2 unspecified atom stereocenters. The Labute approximate surface area is 156 Å². The Morgan fingerprint density at radius 1 is 1.32 bits per heavy atom. The van der Waals surface area contributed by atoms with E-state index in [1.54, 1.807) is 11.3 Å². The molecule has 1 saturated heterocycles. The standard InChI is InChI=1S/C19H34N4OS/c1-7-20-18(22-12-16-23-13(2)14(3)25-16)21-11-15-9-8-10-24-17(15)19(4,5)6/h15,17H,7-12H2,1-6H3,(H2,20,21,22). The fraction of sp³-hybridized carbons (Fsp3) is 0.789. The number of ether oxygens (including phenoxy) is 1. The molecule has 1 aromatic rings. The van der Waals surface area contributed by atoms with Crippen LogP contribution < -0.4 is 10.6 Å². The van der Waals surface area contributed by atoms with Gasteiger partial charge in [-0.05, 0) is 39.0 Å². The quantitative estimate of drug-likeness (QED) is 0.617. The molecule has 2 rings (SSSR count). The molecule has 0 amide bonds. The lowest BCUT2D eigenvalue weighted by atomic mass is 9.78. The first kappa shape index (κ1) is 20.2. The maximum Gasteiger partial charge on any atom is 0.191 e. The van der Waals surface area contributed by atoms with Gasteiger partial charge in [0.2, 0.25) is 0 Å². The zero-order chi connectivity index (χ0) is 18.4. The van der Waals surface area contributed by atoms with Crippen molar-refractivity contribution in [2.45, 2.75) is 67.0 Å². The van der Waals surface area contributed by atoms with Crippen molar-refractivity contribution in [1.29, 1.82) is 0 Å². The van der Waals surface area contributed by atoms with Crippen LogP contribution in [0.3, 0.4) is 0 Å². The minimum Gasteiger partial charge on any atom is -0.377 e. The smallest absolute Gasteiger partial charge is 0.191 e. The predicted octanol–water partition coefficient (Wildman–Crippen LogP) is 3.66. The number of guanidine groups is 1. The van der Waals surface area contributed by atoms with Crippen molar-refractivity contribution in [3.63, 3.8) is 0 Å². The maximum atomic E-state index is 6.08. The Balaban J connectivity index is 1.96. The van der Waals surface area contributed by atoms with E-state index < -0.39 is 0 Å². The Hall–Kier alpha value is -1.14. The largest absolute Gasteiger partial charge is 0.377 e. The molecule has 1 aliphatic heterocycles. The Morgan fingerprint density at radius 2 is 2.08 bits per heavy atom. The Morgan fingerprint density at radius 3 is 2.68 bits per heavy atom. The zero-order valence-corrected chi connectivity index (χ0v) is 17.4. The van der Waals surface area contributed by atoms with E-state index in [4.69, 9.17) is 9.73 Å². The highest BCUT2D eigenvalue weighted by atomic mass is 32.1. The monoisotopic (exact) mass is 366 g/mol. The molecule has 5 nitrogen and oxygen atoms in total. The second kappa shape index (κ2) is 8.99. The molecule has 0 radical (unpaired) electrons. The maximum absolute atomic E-state index is 6.08. The minimum absolute atomic E-state index is 0.165. The number of hydrogen-bond acceptors (Lipinski definition) is 4. The lowest BCUT2D eigenvalue weighted by Crippen LogP contribution is -2.47. The first-order valence-electron chi connectivity index (χ1n) is 9.38. The van der Waals surface area contributed by atoms with Gasteiger partial charge in [-0.1, -0.05) is 20.8 Å². The fourth-order valence-corrected chi connectivity index (χ4v) is 4.19. The summed E-state index contributed by atoms with van der Waals surface area (Å²) in [5, 5.41) is 7.93. The fourth-order valence-electron chi connectivity index (χ4n) is 3.33. The second-order valence-electron chi connectivity index (χ2n) is 7.88. The van der Waals surface area contributed by atoms with Crippen LogP contribution in [0.2, 0.25) is 0 Å². The van der Waals surface area contributed by atoms with Gasteiger partial charge in [-0.25, -0.2) is 9.98 Å². The van der Waals surface area contributed by atoms with Gasteiger partial charge in [-0.3, -0.25) is 0 Å². The summed E-state index contributed by atoms with van der Waals surface area (Å²) in [5.74, 6) is 1.38. The van der Waals surface area contributed by atoms with Crippen LogP contribution in [0, 0.1) is 25.2 Å². The molecule has 142 valence electrons. The number of rotatable bonds is 5. The summed E-state index contributed by atoms with van der Waals surface area (Å²) >= 11 is 1.73. The van der Waals surface area contributed by atoms with Gasteiger partial charge in [0.25, 0.3) is 0 Å². The molecule has 2 heterocycles. The highest BCUT2D eigenvalue weighted by Crippen LogP contribution is 2.33. The molecule has 0 bridgehead atoms. The summed E-state index contributed by atoms with van der Waals surface area (Å²) in [7, 11) is 0. The molecule has 0 spiro atoms. The van der Waals surface area contributed by atoms with E-state index in [1.165, 1.54) is 11.3 Å². The molecular weight excluding hydrogens is 332 g/mol. The first-order valence-corrected chi connectivity index (χ1v) is 10.2. The van der Waals surface area contributed by atoms with Crippen LogP contribution in [0.1, 0.15) is 56.1 Å². The van der Waals surface area contributed by atoms with Crippen LogP contribution in [-0.2, 0) is 11.3 Å². The predicted molar refractivity (Wildman–Crippen MR) is 106 cm³/mol. The van der Waals surface area contributed by atoms with Crippen molar-refractivity contribution in [2.75, 3.05) is 19.7 Å². The van der Waals surface area contributed by atoms with Gasteiger partial charge in [0.15, 0.2) is 5.96 Å². The first-order chi connectivity index (χ1) is 11.8. The minimum atomic E-state index is 0.165. The molecule has 1 fully saturated rings. The van der Waals surface area contributed by atoms with Crippen molar-refractivity contribution in [2.24, 2.45) is 16.3 Å². The number of aliphatic imine (C=N–C) groups is 1. The van der Waals surface area contributed by atoms with Gasteiger partial charge in [0.1, 0.15) is 5.01 Å². The second-order valence-corrected chi connectivity index (χ2v) is 9.17. The van der Waals surface area contributed by atoms with E-state index >= 15 is 0 Å². The van der Waals surface area contributed by atoms with Crippen LogP contribution in [0.25, 0.3) is 0 Å². The number of hydrogen-bond donors (Lipinski definition) is 2. The molecular formula is C19H34N4OS. The molecule has 0 aliphatic carbocycles. The van der Waals surface area contributed by atoms with E-state index in [9.17, 15) is 0 Å². The third kappa shape index (κ3) is 5.96. The summed E-state index contributed by atoms with van der Waals surface area (Å²) in [5.41, 5.74) is 1.28. The van der Waals surface area contributed by atoms with Crippen LogP contribution in [0.5, 0.6) is 0 Å². The zero-order valence-electron chi connectivity index (χ0n) is 16.6. The van der Waals surface area contributed by atoms with Crippen molar-refractivity contribution < 1.29 is 4.74 Å². The SMILES string of the molecule is CCNC(=NCc1nc(C)c(C)s1)NCC1CCCOC1C(C)(C)C. The topological polar surface area (TPSA) is 58.5 Å². The van der Waals surface area contributed by atoms with Crippen LogP contribution >= 0.6 is 11.3 Å². The van der Waals surface area contributed by atoms with Crippen molar-refractivity contribution >= 4 is 17.3 Å². The van der Waals surface area contributed by atoms with E-state index in [0.29, 0.717) is 18.6 Å². The summed E-state index contributed by atoms with van der Waals surface area (Å²) < 4.78 is 6.08. The highest BCUT2D eigenvalue weighted by molar-refractivity contribution is 7.11. The van der Waals surface area contributed by atoms with Crippen LogP contribution in [0.15, 0.2) is 4.99 Å². The van der Waals surface area contributed by atoms with Crippen LogP contribution in [-0.4, -0.2) is 36.7 Å². The van der Waals surface area contributed by atoms with E-state index in [2.05, 4.69) is 57.2 Å². The average Bonchev–Trinajstić information content (AvgIpc) is 2.88. The van der Waals surface area contributed by atoms with Gasteiger partial charge in [0.05, 0.1) is 18.3 Å². The van der Waals surface area contributed by atoms with Gasteiger partial charge < -0.3 is 15.4 Å². The lowest BCUT2D eigenvalue weighted by molar-refractivity contribution is -0.0835. The van der Waals surface area contributed by atoms with Gasteiger partial charge in [-0.15, -0.1) is 11.3 Å². The molecule has 6 heteroatoms. The molecule has 1 aliphatic rings. The average molecular weight is 367 g/mol. The molecule has 2 N–H and O–H groups in total. The van der Waals surface area contributed by atoms with Crippen molar-refractivity contribution in [1.82, 2.24) is 15.6 Å². The van der Waals surface area contributed by atoms with Gasteiger partial charge in [0, 0.05) is 30.5 Å². The number of nitrogens with one attached hydrogen (secondary N) is 2. The number of thiazole rings is 1. The molecule has 25 heavy (non-hydrogen) atoms. The molecule has 0 aromatic carbocycles. The summed E-state index contributed by atoms with van der Waals surface area (Å²) in [4.78, 5) is 10.6. The number of nitrogens with zero attached hydrogens (tertiary/aromatic N) is 2. The molecule has 0 saturated carbocycles. The van der Waals surface area contributed by atoms with Gasteiger partial charge >= 0.3 is 0 Å². The molecule has 2 atom stereocenters. The van der Waals surface area contributed by atoms with Crippen LogP contribution in [0.4, 0.5) is 0 Å².